The molecule has 0 amide bonds. The van der Waals surface area contributed by atoms with E-state index in [-0.39, 0.29) is 5.92 Å². The van der Waals surface area contributed by atoms with Gasteiger partial charge in [0.05, 0.1) is 11.7 Å². The van der Waals surface area contributed by atoms with Crippen LogP contribution in [-0.2, 0) is 0 Å². The van der Waals surface area contributed by atoms with Crippen molar-refractivity contribution in [3.63, 3.8) is 0 Å². The largest absolute Gasteiger partial charge is 0.359 e. The van der Waals surface area contributed by atoms with Crippen LogP contribution in [0.1, 0.15) is 61.3 Å². The highest BCUT2D eigenvalue weighted by Crippen LogP contribution is 2.36. The number of aryl methyl sites for hydroxylation is 1. The molecule has 0 spiro atoms. The number of likely N-dealkylation sites (tertiary alicyclic amines) is 1. The van der Waals surface area contributed by atoms with Crippen LogP contribution in [0.5, 0.6) is 0 Å². The normalized spacial score (nSPS) is 16.0. The second-order valence-corrected chi connectivity index (χ2v) is 8.07. The molecule has 2 aromatic carbocycles. The molecular formula is C27H35N3. The fourth-order valence-corrected chi connectivity index (χ4v) is 4.27. The van der Waals surface area contributed by atoms with Crippen LogP contribution in [0.4, 0.5) is 5.69 Å². The number of hydrogen-bond donors (Lipinski definition) is 1. The molecule has 2 aromatic rings. The van der Waals surface area contributed by atoms with Gasteiger partial charge in [-0.15, -0.1) is 0 Å². The van der Waals surface area contributed by atoms with Gasteiger partial charge in [-0.05, 0) is 81.3 Å². The fourth-order valence-electron chi connectivity index (χ4n) is 4.27. The summed E-state index contributed by atoms with van der Waals surface area (Å²) in [6, 6.07) is 15.3. The van der Waals surface area contributed by atoms with Crippen LogP contribution in [0, 0.1) is 13.8 Å². The first kappa shape index (κ1) is 21.9. The molecule has 0 aliphatic carbocycles. The second kappa shape index (κ2) is 10.3. The van der Waals surface area contributed by atoms with Crippen molar-refractivity contribution in [1.82, 2.24) is 4.90 Å². The Morgan fingerprint density at radius 2 is 1.80 bits per heavy atom. The van der Waals surface area contributed by atoms with Crippen LogP contribution in [0.25, 0.3) is 0 Å². The van der Waals surface area contributed by atoms with E-state index in [0.29, 0.717) is 0 Å². The molecular weight excluding hydrogens is 366 g/mol. The summed E-state index contributed by atoms with van der Waals surface area (Å²) in [6.45, 7) is 14.9. The van der Waals surface area contributed by atoms with Crippen molar-refractivity contribution in [2.24, 2.45) is 4.99 Å². The predicted molar refractivity (Wildman–Crippen MR) is 130 cm³/mol. The average Bonchev–Trinajstić information content (AvgIpc) is 2.77. The van der Waals surface area contributed by atoms with Gasteiger partial charge >= 0.3 is 0 Å². The molecule has 0 radical (unpaired) electrons. The van der Waals surface area contributed by atoms with E-state index in [1.54, 1.807) is 0 Å². The average molecular weight is 402 g/mol. The van der Waals surface area contributed by atoms with Crippen LogP contribution >= 0.6 is 0 Å². The highest BCUT2D eigenvalue weighted by Gasteiger charge is 2.21. The zero-order chi connectivity index (χ0) is 21.5. The minimum atomic E-state index is 0.0936. The van der Waals surface area contributed by atoms with E-state index >= 15 is 0 Å². The van der Waals surface area contributed by atoms with Crippen molar-refractivity contribution < 1.29 is 0 Å². The molecule has 0 aromatic heterocycles. The lowest BCUT2D eigenvalue weighted by Crippen LogP contribution is -2.31. The van der Waals surface area contributed by atoms with E-state index in [2.05, 4.69) is 86.1 Å². The summed E-state index contributed by atoms with van der Waals surface area (Å²) in [4.78, 5) is 7.08. The first-order valence-corrected chi connectivity index (χ1v) is 11.1. The van der Waals surface area contributed by atoms with Crippen molar-refractivity contribution >= 4 is 11.9 Å². The maximum Gasteiger partial charge on any atom is 0.0983 e. The third-order valence-corrected chi connectivity index (χ3v) is 6.07. The van der Waals surface area contributed by atoms with E-state index in [4.69, 9.17) is 4.99 Å². The zero-order valence-electron chi connectivity index (χ0n) is 18.9. The minimum Gasteiger partial charge on any atom is -0.359 e. The molecule has 1 N–H and O–H groups in total. The van der Waals surface area contributed by atoms with Crippen molar-refractivity contribution in [1.29, 1.82) is 0 Å². The molecule has 30 heavy (non-hydrogen) atoms. The van der Waals surface area contributed by atoms with E-state index in [0.717, 1.165) is 30.3 Å². The molecule has 1 aliphatic rings. The molecule has 3 heteroatoms. The number of hydrogen-bond acceptors (Lipinski definition) is 3. The van der Waals surface area contributed by atoms with Gasteiger partial charge in [-0.1, -0.05) is 43.0 Å². The van der Waals surface area contributed by atoms with Gasteiger partial charge in [0.2, 0.25) is 0 Å². The molecule has 3 rings (SSSR count). The second-order valence-electron chi connectivity index (χ2n) is 8.07. The van der Waals surface area contributed by atoms with Gasteiger partial charge in [-0.3, -0.25) is 4.99 Å². The minimum absolute atomic E-state index is 0.0936. The molecule has 1 heterocycles. The molecule has 1 aliphatic heterocycles. The number of anilines is 1. The molecule has 1 unspecified atom stereocenters. The summed E-state index contributed by atoms with van der Waals surface area (Å²) in [5, 5.41) is 3.55. The standard InChI is InChI=1S/C27H35N3/c1-6-26(28-7-2)27(25-16-11-13-20(3)21(25)4)23-14-12-15-24(19-23)29-22(5)30-17-9-8-10-18-30/h6-7,11-16,19,27,29H,5,8-10,17-18H2,1-4H3/b26-6-,28-7?. The number of benzene rings is 2. The summed E-state index contributed by atoms with van der Waals surface area (Å²) in [5.74, 6) is 1.09. The molecule has 3 nitrogen and oxygen atoms in total. The summed E-state index contributed by atoms with van der Waals surface area (Å²) in [6.07, 6.45) is 7.82. The van der Waals surface area contributed by atoms with Crippen molar-refractivity contribution in [2.75, 3.05) is 18.4 Å². The number of nitrogens with zero attached hydrogens (tertiary/aromatic N) is 2. The topological polar surface area (TPSA) is 27.6 Å². The maximum atomic E-state index is 4.72. The highest BCUT2D eigenvalue weighted by molar-refractivity contribution is 5.59. The summed E-state index contributed by atoms with van der Waals surface area (Å²) in [5.41, 5.74) is 7.32. The van der Waals surface area contributed by atoms with E-state index in [1.807, 2.05) is 13.1 Å². The Balaban J connectivity index is 1.97. The van der Waals surface area contributed by atoms with Gasteiger partial charge in [-0.2, -0.15) is 0 Å². The summed E-state index contributed by atoms with van der Waals surface area (Å²) in [7, 11) is 0. The summed E-state index contributed by atoms with van der Waals surface area (Å²) < 4.78 is 0. The Kier molecular flexibility index (Phi) is 7.51. The zero-order valence-corrected chi connectivity index (χ0v) is 18.9. The maximum absolute atomic E-state index is 4.72. The van der Waals surface area contributed by atoms with Crippen LogP contribution in [0.2, 0.25) is 0 Å². The van der Waals surface area contributed by atoms with Crippen molar-refractivity contribution in [3.8, 4) is 0 Å². The third-order valence-electron chi connectivity index (χ3n) is 6.07. The Morgan fingerprint density at radius 1 is 1.07 bits per heavy atom. The molecule has 1 atom stereocenters. The molecule has 0 saturated carbocycles. The number of nitrogens with one attached hydrogen (secondary N) is 1. The number of rotatable bonds is 7. The molecule has 1 fully saturated rings. The van der Waals surface area contributed by atoms with E-state index in [1.165, 1.54) is 41.5 Å². The van der Waals surface area contributed by atoms with Gasteiger partial charge < -0.3 is 10.2 Å². The van der Waals surface area contributed by atoms with E-state index in [9.17, 15) is 0 Å². The van der Waals surface area contributed by atoms with E-state index < -0.39 is 0 Å². The van der Waals surface area contributed by atoms with Crippen LogP contribution < -0.4 is 5.32 Å². The Hall–Kier alpha value is -2.81. The number of piperidine rings is 1. The monoisotopic (exact) mass is 401 g/mol. The van der Waals surface area contributed by atoms with Crippen LogP contribution in [0.3, 0.4) is 0 Å². The third kappa shape index (κ3) is 5.02. The lowest BCUT2D eigenvalue weighted by atomic mass is 9.84. The van der Waals surface area contributed by atoms with Gasteiger partial charge in [0.1, 0.15) is 0 Å². The Labute approximate surface area is 182 Å². The lowest BCUT2D eigenvalue weighted by Gasteiger charge is -2.31. The van der Waals surface area contributed by atoms with Gasteiger partial charge in [-0.25, -0.2) is 0 Å². The highest BCUT2D eigenvalue weighted by atomic mass is 15.2. The quantitative estimate of drug-likeness (QED) is 0.517. The van der Waals surface area contributed by atoms with Crippen LogP contribution in [-0.4, -0.2) is 24.2 Å². The van der Waals surface area contributed by atoms with Gasteiger partial charge in [0, 0.05) is 30.7 Å². The molecule has 158 valence electrons. The Bertz CT molecular complexity index is 933. The SMILES string of the molecule is C=C(Nc1cccc(C(/C(=C/C)N=CC)c2cccc(C)c2C)c1)N1CCCCC1. The van der Waals surface area contributed by atoms with Crippen LogP contribution in [0.15, 0.2) is 71.6 Å². The summed E-state index contributed by atoms with van der Waals surface area (Å²) >= 11 is 0. The van der Waals surface area contributed by atoms with Crippen molar-refractivity contribution in [2.45, 2.75) is 52.9 Å². The van der Waals surface area contributed by atoms with Crippen molar-refractivity contribution in [3.05, 3.63) is 88.9 Å². The van der Waals surface area contributed by atoms with Gasteiger partial charge in [0.15, 0.2) is 0 Å². The fraction of sp³-hybridized carbons (Fsp3) is 0.370. The molecule has 0 bridgehead atoms. The predicted octanol–water partition coefficient (Wildman–Crippen LogP) is 6.80. The molecule has 1 saturated heterocycles. The first-order valence-electron chi connectivity index (χ1n) is 11.1. The smallest absolute Gasteiger partial charge is 0.0983 e. The van der Waals surface area contributed by atoms with Gasteiger partial charge in [0.25, 0.3) is 0 Å². The number of allylic oxidation sites excluding steroid dienone is 2. The first-order chi connectivity index (χ1) is 14.5. The Morgan fingerprint density at radius 3 is 2.50 bits per heavy atom. The number of aliphatic imine (C=N–C) groups is 1. The lowest BCUT2D eigenvalue weighted by molar-refractivity contribution is 0.289.